The average molecular weight is 708 g/mol. The van der Waals surface area contributed by atoms with Gasteiger partial charge in [0.25, 0.3) is 0 Å². The fourth-order valence-electron chi connectivity index (χ4n) is 7.47. The number of pyridine rings is 1. The second kappa shape index (κ2) is 17.1. The van der Waals surface area contributed by atoms with Gasteiger partial charge in [-0.05, 0) is 85.3 Å². The van der Waals surface area contributed by atoms with Crippen molar-refractivity contribution in [3.05, 3.63) is 77.5 Å². The Balaban J connectivity index is 1.40. The third kappa shape index (κ3) is 8.67. The number of carboxylic acid groups (broad SMARTS) is 1. The first-order chi connectivity index (χ1) is 24.6. The number of ether oxygens (including phenoxy) is 4. The minimum Gasteiger partial charge on any atom is -0.504 e. The number of carboxylic acids is 1. The van der Waals surface area contributed by atoms with Crippen molar-refractivity contribution in [3.63, 3.8) is 0 Å². The highest BCUT2D eigenvalue weighted by Crippen LogP contribution is 2.46. The lowest BCUT2D eigenvalue weighted by molar-refractivity contribution is -0.144. The zero-order chi connectivity index (χ0) is 36.7. The summed E-state index contributed by atoms with van der Waals surface area (Å²) in [4.78, 5) is 16.5. The van der Waals surface area contributed by atoms with Crippen LogP contribution in [0.25, 0.3) is 0 Å². The van der Waals surface area contributed by atoms with Gasteiger partial charge in [-0.25, -0.2) is 4.98 Å². The summed E-state index contributed by atoms with van der Waals surface area (Å²) in [6, 6.07) is 11.6. The van der Waals surface area contributed by atoms with Crippen molar-refractivity contribution in [2.24, 2.45) is 17.8 Å². The van der Waals surface area contributed by atoms with Gasteiger partial charge in [-0.2, -0.15) is 0 Å². The van der Waals surface area contributed by atoms with E-state index in [9.17, 15) is 30.3 Å². The number of aromatic nitrogens is 1. The molecule has 0 spiro atoms. The molecule has 5 rings (SSSR count). The van der Waals surface area contributed by atoms with Crippen molar-refractivity contribution >= 4 is 11.8 Å². The summed E-state index contributed by atoms with van der Waals surface area (Å²) < 4.78 is 23.7. The summed E-state index contributed by atoms with van der Waals surface area (Å²) in [5.41, 5.74) is 8.34. The average Bonchev–Trinajstić information content (AvgIpc) is 3.57. The first-order valence-electron chi connectivity index (χ1n) is 17.3. The van der Waals surface area contributed by atoms with E-state index in [4.69, 9.17) is 24.7 Å². The maximum absolute atomic E-state index is 12.4. The van der Waals surface area contributed by atoms with Crippen LogP contribution in [0.5, 0.6) is 28.7 Å². The van der Waals surface area contributed by atoms with Crippen LogP contribution >= 0.6 is 0 Å². The fourth-order valence-corrected chi connectivity index (χ4v) is 7.47. The molecule has 0 radical (unpaired) electrons. The minimum absolute atomic E-state index is 0.00807. The quantitative estimate of drug-likeness (QED) is 0.106. The van der Waals surface area contributed by atoms with E-state index in [0.29, 0.717) is 42.9 Å². The van der Waals surface area contributed by atoms with Crippen LogP contribution in [0.3, 0.4) is 0 Å². The monoisotopic (exact) mass is 707 g/mol. The maximum Gasteiger partial charge on any atom is 0.310 e. The number of anilines is 1. The third-order valence-corrected chi connectivity index (χ3v) is 9.98. The summed E-state index contributed by atoms with van der Waals surface area (Å²) in [6.07, 6.45) is 5.20. The molecule has 0 saturated carbocycles. The van der Waals surface area contributed by atoms with Crippen LogP contribution in [0.15, 0.2) is 60.8 Å². The summed E-state index contributed by atoms with van der Waals surface area (Å²) in [5, 5.41) is 56.0. The number of methoxy groups -OCH3 is 2. The minimum atomic E-state index is -0.961. The van der Waals surface area contributed by atoms with E-state index in [1.54, 1.807) is 42.6 Å². The Morgan fingerprint density at radius 3 is 2.49 bits per heavy atom. The zero-order valence-corrected chi connectivity index (χ0v) is 29.1. The molecule has 2 aliphatic rings. The molecule has 8 unspecified atom stereocenters. The second-order valence-electron chi connectivity index (χ2n) is 13.1. The number of likely N-dealkylation sites (N-methyl/N-ethyl adjacent to an activating group) is 1. The highest BCUT2D eigenvalue weighted by atomic mass is 16.5. The van der Waals surface area contributed by atoms with Gasteiger partial charge in [0, 0.05) is 36.6 Å². The van der Waals surface area contributed by atoms with Gasteiger partial charge in [0.05, 0.1) is 38.4 Å². The van der Waals surface area contributed by atoms with Crippen LogP contribution in [-0.2, 0) is 16.0 Å². The molecule has 51 heavy (non-hydrogen) atoms. The van der Waals surface area contributed by atoms with Gasteiger partial charge in [-0.15, -0.1) is 0 Å². The van der Waals surface area contributed by atoms with E-state index in [1.165, 1.54) is 14.2 Å². The summed E-state index contributed by atoms with van der Waals surface area (Å²) in [5.74, 6) is -2.18. The third-order valence-electron chi connectivity index (χ3n) is 9.98. The number of nitrogens with one attached hydrogen (secondary N) is 1. The fraction of sp³-hybridized carbons (Fsp3) is 0.474. The van der Waals surface area contributed by atoms with E-state index < -0.39 is 42.0 Å². The van der Waals surface area contributed by atoms with Crippen molar-refractivity contribution in [3.8, 4) is 28.7 Å². The maximum atomic E-state index is 12.4. The van der Waals surface area contributed by atoms with E-state index in [2.05, 4.69) is 10.3 Å². The molecule has 13 heteroatoms. The summed E-state index contributed by atoms with van der Waals surface area (Å²) in [7, 11) is 2.91. The van der Waals surface area contributed by atoms with Crippen molar-refractivity contribution in [2.45, 2.75) is 62.9 Å². The largest absolute Gasteiger partial charge is 0.504 e. The van der Waals surface area contributed by atoms with Gasteiger partial charge in [0.15, 0.2) is 23.0 Å². The molecule has 8 N–H and O–H groups in total. The Morgan fingerprint density at radius 2 is 1.80 bits per heavy atom. The Morgan fingerprint density at radius 1 is 1.04 bits per heavy atom. The van der Waals surface area contributed by atoms with Crippen LogP contribution in [0, 0.1) is 17.8 Å². The molecule has 1 aliphatic carbocycles. The molecule has 1 saturated heterocycles. The van der Waals surface area contributed by atoms with Crippen molar-refractivity contribution < 1.29 is 49.3 Å². The Bertz CT molecular complexity index is 1670. The Kier molecular flexibility index (Phi) is 12.6. The lowest BCUT2D eigenvalue weighted by Gasteiger charge is -2.40. The number of benzene rings is 2. The van der Waals surface area contributed by atoms with Crippen molar-refractivity contribution in [2.75, 3.05) is 39.7 Å². The van der Waals surface area contributed by atoms with Crippen LogP contribution in [0.1, 0.15) is 54.9 Å². The number of nitrogens with zero attached hydrogens (tertiary/aromatic N) is 1. The SMILES string of the molecule is CCNC(COc1cc(C2OC(CCc3ccc(O)c(OC)c3)CC(O)C2CCO)cc(OC)c1O)C1C(C(=O)O)C=CC1c1ccnc(N)c1. The van der Waals surface area contributed by atoms with Gasteiger partial charge in [-0.1, -0.05) is 25.1 Å². The number of phenolic OH excluding ortho intramolecular Hbond substituents is 2. The van der Waals surface area contributed by atoms with Crippen LogP contribution in [0.4, 0.5) is 5.82 Å². The number of rotatable bonds is 16. The lowest BCUT2D eigenvalue weighted by Crippen LogP contribution is -2.46. The Labute approximate surface area is 297 Å². The first-order valence-corrected chi connectivity index (χ1v) is 17.3. The molecular formula is C38H49N3O10. The number of aryl methyl sites for hydroxylation is 1. The van der Waals surface area contributed by atoms with Crippen LogP contribution < -0.4 is 25.3 Å². The lowest BCUT2D eigenvalue weighted by atomic mass is 9.79. The highest BCUT2D eigenvalue weighted by molar-refractivity contribution is 5.74. The molecule has 2 aromatic carbocycles. The molecule has 0 bridgehead atoms. The molecule has 0 amide bonds. The molecule has 1 aromatic heterocycles. The molecule has 1 fully saturated rings. The number of nitrogens with two attached hydrogens (primary N) is 1. The molecule has 3 aromatic rings. The number of hydrogen-bond donors (Lipinski definition) is 7. The molecule has 1 aliphatic heterocycles. The number of nitrogen functional groups attached to an aromatic ring is 1. The van der Waals surface area contributed by atoms with Gasteiger partial charge in [0.1, 0.15) is 12.4 Å². The predicted octanol–water partition coefficient (Wildman–Crippen LogP) is 3.94. The molecule has 8 atom stereocenters. The van der Waals surface area contributed by atoms with Crippen LogP contribution in [-0.4, -0.2) is 88.7 Å². The van der Waals surface area contributed by atoms with E-state index in [1.807, 2.05) is 25.1 Å². The normalized spacial score (nSPS) is 25.0. The number of allylic oxidation sites excluding steroid dienone is 1. The van der Waals surface area contributed by atoms with Crippen molar-refractivity contribution in [1.29, 1.82) is 0 Å². The smallest absolute Gasteiger partial charge is 0.310 e. The predicted molar refractivity (Wildman–Crippen MR) is 189 cm³/mol. The molecule has 276 valence electrons. The zero-order valence-electron chi connectivity index (χ0n) is 29.1. The summed E-state index contributed by atoms with van der Waals surface area (Å²) >= 11 is 0. The topological polar surface area (TPSA) is 206 Å². The summed E-state index contributed by atoms with van der Waals surface area (Å²) in [6.45, 7) is 2.31. The number of phenols is 2. The molecular weight excluding hydrogens is 658 g/mol. The molecule has 2 heterocycles. The van der Waals surface area contributed by atoms with Gasteiger partial charge in [-0.3, -0.25) is 4.79 Å². The van der Waals surface area contributed by atoms with E-state index >= 15 is 0 Å². The van der Waals surface area contributed by atoms with Gasteiger partial charge < -0.3 is 55.5 Å². The number of carbonyl (C=O) groups is 1. The number of hydrogen-bond acceptors (Lipinski definition) is 12. The second-order valence-corrected chi connectivity index (χ2v) is 13.1. The first kappa shape index (κ1) is 37.7. The van der Waals surface area contributed by atoms with Crippen molar-refractivity contribution in [1.82, 2.24) is 10.3 Å². The molecule has 13 nitrogen and oxygen atoms in total. The number of aliphatic hydroxyl groups excluding tert-OH is 2. The number of aliphatic carboxylic acids is 1. The highest BCUT2D eigenvalue weighted by Gasteiger charge is 2.43. The van der Waals surface area contributed by atoms with E-state index in [-0.39, 0.29) is 54.7 Å². The van der Waals surface area contributed by atoms with Gasteiger partial charge >= 0.3 is 5.97 Å². The Hall–Kier alpha value is -4.56. The standard InChI is InChI=1S/C38H49N3O10/c1-4-40-28(35-25(8-9-27(35)38(46)47)22-11-13-41-34(39)18-22)20-50-33-17-23(16-32(49-3)36(33)45)37-26(12-14-42)30(44)19-24(51-37)7-5-21-6-10-29(43)31(15-21)48-2/h6,8-11,13,15-18,24-28,30,35,37,40,42-45H,4-5,7,12,14,19-20H2,1-3H3,(H2,39,41)(H,46,47). The number of aromatic hydroxyl groups is 2. The number of aliphatic hydroxyl groups is 2. The van der Waals surface area contributed by atoms with Crippen LogP contribution in [0.2, 0.25) is 0 Å². The van der Waals surface area contributed by atoms with Gasteiger partial charge in [0.2, 0.25) is 5.75 Å². The van der Waals surface area contributed by atoms with E-state index in [0.717, 1.165) is 11.1 Å².